The van der Waals surface area contributed by atoms with E-state index >= 15 is 0 Å². The Balaban J connectivity index is 2.57. The van der Waals surface area contributed by atoms with Crippen LogP contribution >= 0.6 is 23.2 Å². The lowest BCUT2D eigenvalue weighted by Crippen LogP contribution is -2.05. The molecule has 1 N–H and O–H groups in total. The summed E-state index contributed by atoms with van der Waals surface area (Å²) in [7, 11) is 0. The fourth-order valence-corrected chi connectivity index (χ4v) is 2.22. The number of anilines is 1. The second-order valence-corrected chi connectivity index (χ2v) is 5.57. The van der Waals surface area contributed by atoms with Gasteiger partial charge in [-0.05, 0) is 25.0 Å². The SMILES string of the molecule is CCNc1cc(C(C)C)nc(-c2cccc(Cl)c2Cl)n1. The molecule has 0 aliphatic heterocycles. The number of nitrogens with one attached hydrogen (secondary N) is 1. The predicted octanol–water partition coefficient (Wildman–Crippen LogP) is 5.01. The van der Waals surface area contributed by atoms with Gasteiger partial charge >= 0.3 is 0 Å². The third-order valence-corrected chi connectivity index (χ3v) is 3.71. The molecule has 1 aromatic heterocycles. The van der Waals surface area contributed by atoms with Crippen LogP contribution in [0.3, 0.4) is 0 Å². The van der Waals surface area contributed by atoms with Crippen LogP contribution in [0.4, 0.5) is 5.82 Å². The van der Waals surface area contributed by atoms with Crippen LogP contribution < -0.4 is 5.32 Å². The Kier molecular flexibility index (Phi) is 4.84. The molecule has 0 saturated carbocycles. The number of rotatable bonds is 4. The summed E-state index contributed by atoms with van der Waals surface area (Å²) in [6, 6.07) is 7.45. The van der Waals surface area contributed by atoms with Crippen LogP contribution in [0.15, 0.2) is 24.3 Å². The maximum atomic E-state index is 6.26. The largest absolute Gasteiger partial charge is 0.370 e. The summed E-state index contributed by atoms with van der Waals surface area (Å²) in [5.74, 6) is 1.71. The number of hydrogen-bond acceptors (Lipinski definition) is 3. The Morgan fingerprint density at radius 3 is 2.60 bits per heavy atom. The molecule has 106 valence electrons. The molecule has 0 radical (unpaired) electrons. The van der Waals surface area contributed by atoms with Crippen molar-refractivity contribution < 1.29 is 0 Å². The summed E-state index contributed by atoms with van der Waals surface area (Å²) in [4.78, 5) is 9.11. The summed E-state index contributed by atoms with van der Waals surface area (Å²) in [5, 5.41) is 4.21. The van der Waals surface area contributed by atoms with Crippen molar-refractivity contribution in [3.63, 3.8) is 0 Å². The monoisotopic (exact) mass is 309 g/mol. The zero-order valence-electron chi connectivity index (χ0n) is 11.7. The van der Waals surface area contributed by atoms with Gasteiger partial charge in [-0.1, -0.05) is 43.1 Å². The second-order valence-electron chi connectivity index (χ2n) is 4.79. The summed E-state index contributed by atoms with van der Waals surface area (Å²) >= 11 is 12.3. The third-order valence-electron chi connectivity index (χ3n) is 2.89. The first kappa shape index (κ1) is 15.1. The molecule has 0 spiro atoms. The molecule has 0 saturated heterocycles. The van der Waals surface area contributed by atoms with Gasteiger partial charge in [0.1, 0.15) is 5.82 Å². The highest BCUT2D eigenvalue weighted by atomic mass is 35.5. The molecule has 0 atom stereocenters. The molecule has 0 aliphatic rings. The molecule has 0 aliphatic carbocycles. The first-order valence-corrected chi connectivity index (χ1v) is 7.35. The van der Waals surface area contributed by atoms with E-state index < -0.39 is 0 Å². The number of hydrogen-bond donors (Lipinski definition) is 1. The molecule has 1 aromatic carbocycles. The van der Waals surface area contributed by atoms with Crippen molar-refractivity contribution in [1.82, 2.24) is 9.97 Å². The van der Waals surface area contributed by atoms with E-state index in [0.717, 1.165) is 23.6 Å². The van der Waals surface area contributed by atoms with Crippen molar-refractivity contribution in [3.8, 4) is 11.4 Å². The molecule has 2 rings (SSSR count). The van der Waals surface area contributed by atoms with Crippen molar-refractivity contribution in [2.75, 3.05) is 11.9 Å². The molecule has 20 heavy (non-hydrogen) atoms. The molecule has 0 fully saturated rings. The lowest BCUT2D eigenvalue weighted by Gasteiger charge is -2.12. The lowest BCUT2D eigenvalue weighted by atomic mass is 10.1. The summed E-state index contributed by atoms with van der Waals surface area (Å²) < 4.78 is 0. The standard InChI is InChI=1S/C15H17Cl2N3/c1-4-18-13-8-12(9(2)3)19-15(20-13)10-6-5-7-11(16)14(10)17/h5-9H,4H2,1-3H3,(H,18,19,20). The van der Waals surface area contributed by atoms with Gasteiger partial charge in [-0.25, -0.2) is 9.97 Å². The van der Waals surface area contributed by atoms with E-state index in [2.05, 4.69) is 29.1 Å². The van der Waals surface area contributed by atoms with E-state index in [1.54, 1.807) is 6.07 Å². The zero-order chi connectivity index (χ0) is 14.7. The van der Waals surface area contributed by atoms with E-state index in [-0.39, 0.29) is 0 Å². The summed E-state index contributed by atoms with van der Waals surface area (Å²) in [6.45, 7) is 7.03. The molecule has 1 heterocycles. The Hall–Kier alpha value is -1.32. The van der Waals surface area contributed by atoms with Crippen molar-refractivity contribution in [1.29, 1.82) is 0 Å². The van der Waals surface area contributed by atoms with Crippen LogP contribution in [0, 0.1) is 0 Å². The Morgan fingerprint density at radius 2 is 1.95 bits per heavy atom. The Bertz CT molecular complexity index is 612. The molecule has 3 nitrogen and oxygen atoms in total. The van der Waals surface area contributed by atoms with Gasteiger partial charge in [0.05, 0.1) is 10.0 Å². The van der Waals surface area contributed by atoms with Crippen molar-refractivity contribution in [2.24, 2.45) is 0 Å². The van der Waals surface area contributed by atoms with E-state index in [1.807, 2.05) is 25.1 Å². The van der Waals surface area contributed by atoms with Crippen molar-refractivity contribution in [3.05, 3.63) is 40.0 Å². The van der Waals surface area contributed by atoms with Gasteiger partial charge in [-0.3, -0.25) is 0 Å². The average molecular weight is 310 g/mol. The van der Waals surface area contributed by atoms with Crippen LogP contribution in [0.2, 0.25) is 10.0 Å². The number of aromatic nitrogens is 2. The third kappa shape index (κ3) is 3.22. The normalized spacial score (nSPS) is 10.9. The molecular weight excluding hydrogens is 293 g/mol. The van der Waals surface area contributed by atoms with Gasteiger partial charge in [0.2, 0.25) is 0 Å². The van der Waals surface area contributed by atoms with Crippen LogP contribution in [0.1, 0.15) is 32.4 Å². The fraction of sp³-hybridized carbons (Fsp3) is 0.333. The maximum absolute atomic E-state index is 6.26. The Labute approximate surface area is 129 Å². The number of halogens is 2. The Morgan fingerprint density at radius 1 is 1.20 bits per heavy atom. The van der Waals surface area contributed by atoms with Crippen LogP contribution in [0.5, 0.6) is 0 Å². The van der Waals surface area contributed by atoms with Crippen molar-refractivity contribution in [2.45, 2.75) is 26.7 Å². The molecule has 0 bridgehead atoms. The first-order valence-electron chi connectivity index (χ1n) is 6.60. The van der Waals surface area contributed by atoms with Gasteiger partial charge in [0.25, 0.3) is 0 Å². The maximum Gasteiger partial charge on any atom is 0.163 e. The van der Waals surface area contributed by atoms with E-state index in [1.165, 1.54) is 0 Å². The molecule has 5 heteroatoms. The lowest BCUT2D eigenvalue weighted by molar-refractivity contribution is 0.817. The first-order chi connectivity index (χ1) is 9.52. The van der Waals surface area contributed by atoms with Crippen molar-refractivity contribution >= 4 is 29.0 Å². The molecule has 2 aromatic rings. The smallest absolute Gasteiger partial charge is 0.163 e. The highest BCUT2D eigenvalue weighted by Crippen LogP contribution is 2.32. The van der Waals surface area contributed by atoms with E-state index in [0.29, 0.717) is 21.8 Å². The quantitative estimate of drug-likeness (QED) is 0.863. The summed E-state index contributed by atoms with van der Waals surface area (Å²) in [6.07, 6.45) is 0. The van der Waals surface area contributed by atoms with Gasteiger partial charge in [0, 0.05) is 23.9 Å². The minimum absolute atomic E-state index is 0.312. The topological polar surface area (TPSA) is 37.8 Å². The van der Waals surface area contributed by atoms with Crippen LogP contribution in [-0.2, 0) is 0 Å². The van der Waals surface area contributed by atoms with E-state index in [4.69, 9.17) is 23.2 Å². The molecule has 0 amide bonds. The van der Waals surface area contributed by atoms with Gasteiger partial charge in [0.15, 0.2) is 5.82 Å². The number of nitrogens with zero attached hydrogens (tertiary/aromatic N) is 2. The minimum atomic E-state index is 0.312. The van der Waals surface area contributed by atoms with Gasteiger partial charge in [-0.15, -0.1) is 0 Å². The second kappa shape index (κ2) is 6.42. The molecular formula is C15H17Cl2N3. The van der Waals surface area contributed by atoms with E-state index in [9.17, 15) is 0 Å². The van der Waals surface area contributed by atoms with Crippen LogP contribution in [-0.4, -0.2) is 16.5 Å². The predicted molar refractivity (Wildman–Crippen MR) is 85.7 cm³/mol. The van der Waals surface area contributed by atoms with Gasteiger partial charge in [-0.2, -0.15) is 0 Å². The summed E-state index contributed by atoms with van der Waals surface area (Å²) in [5.41, 5.74) is 1.72. The van der Waals surface area contributed by atoms with Crippen LogP contribution in [0.25, 0.3) is 11.4 Å². The van der Waals surface area contributed by atoms with Gasteiger partial charge < -0.3 is 5.32 Å². The zero-order valence-corrected chi connectivity index (χ0v) is 13.3. The molecule has 0 unspecified atom stereocenters. The number of benzene rings is 1. The minimum Gasteiger partial charge on any atom is -0.370 e. The average Bonchev–Trinajstić information content (AvgIpc) is 2.42. The highest BCUT2D eigenvalue weighted by molar-refractivity contribution is 6.43. The fourth-order valence-electron chi connectivity index (χ4n) is 1.83. The highest BCUT2D eigenvalue weighted by Gasteiger charge is 2.13.